The molecule has 1 aromatic heterocycles. The number of nitrogens with zero attached hydrogens (tertiary/aromatic N) is 1. The number of aromatic nitrogens is 1. The summed E-state index contributed by atoms with van der Waals surface area (Å²) in [5.41, 5.74) is 8.86. The van der Waals surface area contributed by atoms with Gasteiger partial charge in [0.25, 0.3) is 5.91 Å². The Bertz CT molecular complexity index is 1220. The average Bonchev–Trinajstić information content (AvgIpc) is 3.27. The van der Waals surface area contributed by atoms with Crippen molar-refractivity contribution < 1.29 is 9.90 Å². The Morgan fingerprint density at radius 1 is 1.09 bits per heavy atom. The maximum absolute atomic E-state index is 13.1. The molecule has 5 N–H and O–H groups in total. The van der Waals surface area contributed by atoms with Crippen LogP contribution in [0.3, 0.4) is 0 Å². The van der Waals surface area contributed by atoms with Crippen LogP contribution < -0.4 is 11.3 Å². The number of benzene rings is 2. The molecule has 0 saturated carbocycles. The van der Waals surface area contributed by atoms with Crippen molar-refractivity contribution in [3.05, 3.63) is 93.9 Å². The number of amides is 1. The number of carbonyl (C=O) groups is 1. The highest BCUT2D eigenvalue weighted by atomic mass is 16.3. The van der Waals surface area contributed by atoms with Crippen molar-refractivity contribution in [3.63, 3.8) is 0 Å². The van der Waals surface area contributed by atoms with Crippen LogP contribution in [0.2, 0.25) is 0 Å². The number of hydrogen-bond donors (Lipinski definition) is 4. The van der Waals surface area contributed by atoms with Gasteiger partial charge in [-0.15, -0.1) is 0 Å². The van der Waals surface area contributed by atoms with E-state index in [1.807, 2.05) is 23.1 Å². The van der Waals surface area contributed by atoms with Gasteiger partial charge in [0.05, 0.1) is 6.04 Å². The van der Waals surface area contributed by atoms with Gasteiger partial charge in [-0.3, -0.25) is 15.0 Å². The summed E-state index contributed by atoms with van der Waals surface area (Å²) in [6, 6.07) is 15.2. The standard InChI is InChI=1S/C25H24N4O3/c26-24(27)19-8-11-22(30)18(14-19)7-10-21-2-1-13-29(21)25(32)17-5-3-16(4-6-17)20-9-12-23(31)28-15-20/h3-12,14-15,21,30H,1-2,13H2,(H3,26,27)(H,28,31)/t21-/m1/s1. The highest BCUT2D eigenvalue weighted by Gasteiger charge is 2.27. The Morgan fingerprint density at radius 2 is 1.81 bits per heavy atom. The molecule has 1 aliphatic heterocycles. The van der Waals surface area contributed by atoms with Gasteiger partial charge in [-0.25, -0.2) is 0 Å². The molecule has 2 heterocycles. The van der Waals surface area contributed by atoms with Crippen LogP contribution in [0, 0.1) is 5.41 Å². The average molecular weight is 428 g/mol. The molecular weight excluding hydrogens is 404 g/mol. The minimum absolute atomic E-state index is 0.0492. The van der Waals surface area contributed by atoms with Gasteiger partial charge in [0.1, 0.15) is 11.6 Å². The zero-order valence-corrected chi connectivity index (χ0v) is 17.4. The molecule has 162 valence electrons. The molecule has 3 aromatic rings. The summed E-state index contributed by atoms with van der Waals surface area (Å²) in [5.74, 6) is -0.0190. The molecule has 0 unspecified atom stereocenters. The molecule has 1 saturated heterocycles. The van der Waals surface area contributed by atoms with Gasteiger partial charge in [0.2, 0.25) is 5.56 Å². The lowest BCUT2D eigenvalue weighted by Crippen LogP contribution is -2.34. The molecule has 1 atom stereocenters. The first-order valence-electron chi connectivity index (χ1n) is 10.4. The molecular formula is C25H24N4O3. The van der Waals surface area contributed by atoms with Crippen molar-refractivity contribution in [1.82, 2.24) is 9.88 Å². The maximum Gasteiger partial charge on any atom is 0.254 e. The minimum atomic E-state index is -0.157. The van der Waals surface area contributed by atoms with Crippen LogP contribution in [0.5, 0.6) is 5.75 Å². The number of phenolic OH excluding ortho intramolecular Hbond substituents is 1. The molecule has 1 amide bonds. The van der Waals surface area contributed by atoms with Crippen LogP contribution >= 0.6 is 0 Å². The van der Waals surface area contributed by atoms with Crippen LogP contribution in [0.4, 0.5) is 0 Å². The van der Waals surface area contributed by atoms with E-state index in [0.717, 1.165) is 24.0 Å². The smallest absolute Gasteiger partial charge is 0.254 e. The third-order valence-corrected chi connectivity index (χ3v) is 5.65. The lowest BCUT2D eigenvalue weighted by Gasteiger charge is -2.22. The van der Waals surface area contributed by atoms with E-state index < -0.39 is 0 Å². The summed E-state index contributed by atoms with van der Waals surface area (Å²) < 4.78 is 0. The van der Waals surface area contributed by atoms with Gasteiger partial charge >= 0.3 is 0 Å². The summed E-state index contributed by atoms with van der Waals surface area (Å²) in [6.07, 6.45) is 7.08. The fourth-order valence-electron chi connectivity index (χ4n) is 3.88. The van der Waals surface area contributed by atoms with E-state index in [2.05, 4.69) is 4.98 Å². The van der Waals surface area contributed by atoms with Crippen molar-refractivity contribution in [1.29, 1.82) is 5.41 Å². The topological polar surface area (TPSA) is 123 Å². The number of hydrogen-bond acceptors (Lipinski definition) is 4. The van der Waals surface area contributed by atoms with Gasteiger partial charge in [0, 0.05) is 35.5 Å². The number of pyridine rings is 1. The van der Waals surface area contributed by atoms with Gasteiger partial charge in [-0.05, 0) is 60.4 Å². The number of aromatic hydroxyl groups is 1. The number of H-pyrrole nitrogens is 1. The van der Waals surface area contributed by atoms with Crippen LogP contribution in [-0.2, 0) is 0 Å². The number of carbonyl (C=O) groups excluding carboxylic acids is 1. The van der Waals surface area contributed by atoms with E-state index >= 15 is 0 Å². The van der Waals surface area contributed by atoms with Crippen LogP contribution in [-0.4, -0.2) is 39.3 Å². The molecule has 0 bridgehead atoms. The molecule has 2 aromatic carbocycles. The lowest BCUT2D eigenvalue weighted by molar-refractivity contribution is 0.0762. The fourth-order valence-corrected chi connectivity index (χ4v) is 3.88. The quantitative estimate of drug-likeness (QED) is 0.367. The molecule has 1 aliphatic rings. The van der Waals surface area contributed by atoms with E-state index in [1.165, 1.54) is 12.1 Å². The Balaban J connectivity index is 1.51. The number of aromatic amines is 1. The Kier molecular flexibility index (Phi) is 5.89. The van der Waals surface area contributed by atoms with Crippen molar-refractivity contribution >= 4 is 17.8 Å². The van der Waals surface area contributed by atoms with Crippen molar-refractivity contribution in [2.45, 2.75) is 18.9 Å². The predicted octanol–water partition coefficient (Wildman–Crippen LogP) is 3.35. The first-order valence-corrected chi connectivity index (χ1v) is 10.4. The Hall–Kier alpha value is -4.13. The highest BCUT2D eigenvalue weighted by Crippen LogP contribution is 2.26. The van der Waals surface area contributed by atoms with Crippen molar-refractivity contribution in [2.24, 2.45) is 5.73 Å². The number of amidine groups is 1. The lowest BCUT2D eigenvalue weighted by atomic mass is 10.0. The van der Waals surface area contributed by atoms with E-state index in [-0.39, 0.29) is 29.1 Å². The van der Waals surface area contributed by atoms with Gasteiger partial charge < -0.3 is 20.7 Å². The first-order chi connectivity index (χ1) is 15.4. The number of nitrogens with one attached hydrogen (secondary N) is 2. The van der Waals surface area contributed by atoms with E-state index in [0.29, 0.717) is 23.2 Å². The monoisotopic (exact) mass is 428 g/mol. The number of nitrogens with two attached hydrogens (primary N) is 1. The molecule has 1 fully saturated rings. The largest absolute Gasteiger partial charge is 0.507 e. The second-order valence-electron chi connectivity index (χ2n) is 7.77. The highest BCUT2D eigenvalue weighted by molar-refractivity contribution is 5.96. The predicted molar refractivity (Wildman–Crippen MR) is 125 cm³/mol. The van der Waals surface area contributed by atoms with Crippen LogP contribution in [0.25, 0.3) is 17.2 Å². The number of likely N-dealkylation sites (tertiary alicyclic amines) is 1. The Morgan fingerprint density at radius 3 is 2.50 bits per heavy atom. The molecule has 7 nitrogen and oxygen atoms in total. The summed E-state index contributed by atoms with van der Waals surface area (Å²) in [5, 5.41) is 17.7. The third kappa shape index (κ3) is 4.46. The summed E-state index contributed by atoms with van der Waals surface area (Å²) in [4.78, 5) is 28.8. The number of phenols is 1. The second-order valence-corrected chi connectivity index (χ2v) is 7.77. The van der Waals surface area contributed by atoms with Crippen molar-refractivity contribution in [3.8, 4) is 16.9 Å². The SMILES string of the molecule is N=C(N)c1ccc(O)c(C=C[C@H]2CCCN2C(=O)c2ccc(-c3ccc(=O)[nH]c3)cc2)c1. The zero-order chi connectivity index (χ0) is 22.7. The third-order valence-electron chi connectivity index (χ3n) is 5.65. The molecule has 7 heteroatoms. The maximum atomic E-state index is 13.1. The van der Waals surface area contributed by atoms with Crippen LogP contribution in [0.1, 0.15) is 34.3 Å². The van der Waals surface area contributed by atoms with Gasteiger partial charge in [-0.1, -0.05) is 24.3 Å². The fraction of sp³-hybridized carbons (Fsp3) is 0.160. The first kappa shape index (κ1) is 21.1. The normalized spacial score (nSPS) is 15.9. The summed E-state index contributed by atoms with van der Waals surface area (Å²) >= 11 is 0. The minimum Gasteiger partial charge on any atom is -0.507 e. The molecule has 4 rings (SSSR count). The van der Waals surface area contributed by atoms with Gasteiger partial charge in [-0.2, -0.15) is 0 Å². The molecule has 0 spiro atoms. The Labute approximate surface area is 185 Å². The molecule has 0 aliphatic carbocycles. The summed E-state index contributed by atoms with van der Waals surface area (Å²) in [7, 11) is 0. The van der Waals surface area contributed by atoms with Gasteiger partial charge in [0.15, 0.2) is 0 Å². The zero-order valence-electron chi connectivity index (χ0n) is 17.4. The van der Waals surface area contributed by atoms with Crippen molar-refractivity contribution in [2.75, 3.05) is 6.54 Å². The van der Waals surface area contributed by atoms with E-state index in [9.17, 15) is 14.7 Å². The molecule has 0 radical (unpaired) electrons. The van der Waals surface area contributed by atoms with E-state index in [1.54, 1.807) is 42.6 Å². The number of rotatable bonds is 5. The molecule has 32 heavy (non-hydrogen) atoms. The number of nitrogen functional groups attached to an aromatic ring is 1. The summed E-state index contributed by atoms with van der Waals surface area (Å²) in [6.45, 7) is 0.662. The second kappa shape index (κ2) is 8.93. The van der Waals surface area contributed by atoms with E-state index in [4.69, 9.17) is 11.1 Å². The van der Waals surface area contributed by atoms with Crippen LogP contribution in [0.15, 0.2) is 71.7 Å².